The third-order valence-corrected chi connectivity index (χ3v) is 4.70. The van der Waals surface area contributed by atoms with Crippen molar-refractivity contribution in [2.75, 3.05) is 12.3 Å². The third kappa shape index (κ3) is 3.01. The van der Waals surface area contributed by atoms with E-state index in [4.69, 9.17) is 0 Å². The van der Waals surface area contributed by atoms with Gasteiger partial charge in [0, 0.05) is 36.6 Å². The summed E-state index contributed by atoms with van der Waals surface area (Å²) < 4.78 is 1.94. The number of nitrogens with zero attached hydrogens (tertiary/aromatic N) is 2. The first-order valence-electron chi connectivity index (χ1n) is 6.07. The number of hydrogen-bond acceptors (Lipinski definition) is 3. The van der Waals surface area contributed by atoms with Gasteiger partial charge in [-0.15, -0.1) is 0 Å². The Morgan fingerprint density at radius 2 is 2.44 bits per heavy atom. The first-order chi connectivity index (χ1) is 7.77. The third-order valence-electron chi connectivity index (χ3n) is 3.30. The molecule has 0 aliphatic carbocycles. The quantitative estimate of drug-likeness (QED) is 0.872. The molecule has 1 saturated heterocycles. The summed E-state index contributed by atoms with van der Waals surface area (Å²) in [6, 6.07) is 0. The fourth-order valence-corrected chi connectivity index (χ4v) is 3.33. The fourth-order valence-electron chi connectivity index (χ4n) is 2.05. The van der Waals surface area contributed by atoms with Gasteiger partial charge in [-0.05, 0) is 25.5 Å². The molecule has 0 aromatic carbocycles. The molecule has 1 aliphatic rings. The molecule has 2 heterocycles. The minimum Gasteiger partial charge on any atom is -0.311 e. The first kappa shape index (κ1) is 12.0. The van der Waals surface area contributed by atoms with E-state index in [1.165, 1.54) is 36.3 Å². The highest BCUT2D eigenvalue weighted by Crippen LogP contribution is 2.24. The van der Waals surface area contributed by atoms with Gasteiger partial charge >= 0.3 is 0 Å². The molecule has 0 radical (unpaired) electrons. The van der Waals surface area contributed by atoms with E-state index in [1.807, 2.05) is 17.9 Å². The van der Waals surface area contributed by atoms with E-state index >= 15 is 0 Å². The van der Waals surface area contributed by atoms with E-state index in [0.717, 1.165) is 18.3 Å². The van der Waals surface area contributed by atoms with Crippen molar-refractivity contribution in [2.24, 2.45) is 7.05 Å². The van der Waals surface area contributed by atoms with E-state index in [-0.39, 0.29) is 0 Å². The monoisotopic (exact) mass is 239 g/mol. The number of thioether (sulfide) groups is 1. The summed E-state index contributed by atoms with van der Waals surface area (Å²) in [5.74, 6) is 1.35. The standard InChI is InChI=1S/C12H21N3S/c1-10-11(8-14-15(10)2)7-13-9-12-5-3-4-6-16-12/h8,12-13H,3-7,9H2,1-2H3. The van der Waals surface area contributed by atoms with E-state index in [9.17, 15) is 0 Å². The minimum absolute atomic E-state index is 0.825. The molecule has 16 heavy (non-hydrogen) atoms. The van der Waals surface area contributed by atoms with Crippen LogP contribution < -0.4 is 5.32 Å². The van der Waals surface area contributed by atoms with Crippen molar-refractivity contribution in [1.29, 1.82) is 0 Å². The topological polar surface area (TPSA) is 29.9 Å². The Morgan fingerprint density at radius 1 is 1.56 bits per heavy atom. The zero-order chi connectivity index (χ0) is 11.4. The van der Waals surface area contributed by atoms with Gasteiger partial charge in [-0.1, -0.05) is 6.42 Å². The van der Waals surface area contributed by atoms with E-state index < -0.39 is 0 Å². The molecule has 0 amide bonds. The zero-order valence-corrected chi connectivity index (χ0v) is 11.0. The molecule has 1 atom stereocenters. The molecule has 0 spiro atoms. The Kier molecular flexibility index (Phi) is 4.29. The second-order valence-corrected chi connectivity index (χ2v) is 5.91. The molecule has 2 rings (SSSR count). The molecule has 0 bridgehead atoms. The van der Waals surface area contributed by atoms with Crippen molar-refractivity contribution in [2.45, 2.75) is 38.0 Å². The fraction of sp³-hybridized carbons (Fsp3) is 0.750. The highest BCUT2D eigenvalue weighted by molar-refractivity contribution is 7.99. The molecule has 1 aromatic rings. The summed E-state index contributed by atoms with van der Waals surface area (Å²) in [5.41, 5.74) is 2.59. The van der Waals surface area contributed by atoms with Crippen molar-refractivity contribution in [1.82, 2.24) is 15.1 Å². The highest BCUT2D eigenvalue weighted by atomic mass is 32.2. The number of nitrogens with one attached hydrogen (secondary N) is 1. The lowest BCUT2D eigenvalue weighted by molar-refractivity contribution is 0.596. The zero-order valence-electron chi connectivity index (χ0n) is 10.2. The largest absolute Gasteiger partial charge is 0.311 e. The lowest BCUT2D eigenvalue weighted by atomic mass is 10.2. The van der Waals surface area contributed by atoms with Crippen molar-refractivity contribution >= 4 is 11.8 Å². The van der Waals surface area contributed by atoms with Crippen molar-refractivity contribution in [3.63, 3.8) is 0 Å². The van der Waals surface area contributed by atoms with Gasteiger partial charge < -0.3 is 5.32 Å². The summed E-state index contributed by atoms with van der Waals surface area (Å²) in [7, 11) is 2.00. The molecule has 4 heteroatoms. The lowest BCUT2D eigenvalue weighted by Crippen LogP contribution is -2.26. The van der Waals surface area contributed by atoms with Crippen LogP contribution >= 0.6 is 11.8 Å². The maximum Gasteiger partial charge on any atom is 0.0537 e. The van der Waals surface area contributed by atoms with Crippen LogP contribution in [0.5, 0.6) is 0 Å². The minimum atomic E-state index is 0.825. The number of hydrogen-bond donors (Lipinski definition) is 1. The van der Waals surface area contributed by atoms with E-state index in [2.05, 4.69) is 29.1 Å². The van der Waals surface area contributed by atoms with Crippen LogP contribution in [0.1, 0.15) is 30.5 Å². The molecule has 1 aliphatic heterocycles. The summed E-state index contributed by atoms with van der Waals surface area (Å²) in [6.45, 7) is 4.22. The predicted octanol–water partition coefficient (Wildman–Crippen LogP) is 2.10. The summed E-state index contributed by atoms with van der Waals surface area (Å²) in [5, 5.41) is 8.63. The number of rotatable bonds is 4. The van der Waals surface area contributed by atoms with Crippen LogP contribution in [0.15, 0.2) is 6.20 Å². The van der Waals surface area contributed by atoms with Crippen LogP contribution in [0.2, 0.25) is 0 Å². The van der Waals surface area contributed by atoms with E-state index in [1.54, 1.807) is 0 Å². The maximum atomic E-state index is 4.25. The highest BCUT2D eigenvalue weighted by Gasteiger charge is 2.13. The average Bonchev–Trinajstić information content (AvgIpc) is 2.62. The second kappa shape index (κ2) is 5.73. The Hall–Kier alpha value is -0.480. The van der Waals surface area contributed by atoms with Gasteiger partial charge in [-0.2, -0.15) is 16.9 Å². The normalized spacial score (nSPS) is 21.2. The summed E-state index contributed by atoms with van der Waals surface area (Å²) in [4.78, 5) is 0. The number of aromatic nitrogens is 2. The molecule has 1 fully saturated rings. The Bertz CT molecular complexity index is 329. The van der Waals surface area contributed by atoms with Gasteiger partial charge in [0.25, 0.3) is 0 Å². The van der Waals surface area contributed by atoms with Gasteiger partial charge in [-0.25, -0.2) is 0 Å². The molecular formula is C12H21N3S. The molecule has 1 N–H and O–H groups in total. The van der Waals surface area contributed by atoms with Crippen LogP contribution in [0, 0.1) is 6.92 Å². The van der Waals surface area contributed by atoms with Gasteiger partial charge in [0.15, 0.2) is 0 Å². The van der Waals surface area contributed by atoms with Crippen molar-refractivity contribution < 1.29 is 0 Å². The van der Waals surface area contributed by atoms with Crippen LogP contribution in [0.3, 0.4) is 0 Å². The van der Waals surface area contributed by atoms with Crippen molar-refractivity contribution in [3.8, 4) is 0 Å². The molecule has 3 nitrogen and oxygen atoms in total. The number of aryl methyl sites for hydroxylation is 1. The Labute approximate surface area is 102 Å². The summed E-state index contributed by atoms with van der Waals surface area (Å²) >= 11 is 2.12. The Morgan fingerprint density at radius 3 is 3.06 bits per heavy atom. The molecule has 90 valence electrons. The van der Waals surface area contributed by atoms with Crippen molar-refractivity contribution in [3.05, 3.63) is 17.5 Å². The molecule has 0 saturated carbocycles. The second-order valence-electron chi connectivity index (χ2n) is 4.50. The van der Waals surface area contributed by atoms with Crippen LogP contribution in [-0.2, 0) is 13.6 Å². The van der Waals surface area contributed by atoms with E-state index in [0.29, 0.717) is 0 Å². The SMILES string of the molecule is Cc1c(CNCC2CCCCS2)cnn1C. The maximum absolute atomic E-state index is 4.25. The average molecular weight is 239 g/mol. The molecular weight excluding hydrogens is 218 g/mol. The smallest absolute Gasteiger partial charge is 0.0537 e. The van der Waals surface area contributed by atoms with Gasteiger partial charge in [-0.3, -0.25) is 4.68 Å². The summed E-state index contributed by atoms with van der Waals surface area (Å²) in [6.07, 6.45) is 6.16. The van der Waals surface area contributed by atoms with Gasteiger partial charge in [0.05, 0.1) is 6.20 Å². The first-order valence-corrected chi connectivity index (χ1v) is 7.12. The van der Waals surface area contributed by atoms with Crippen LogP contribution in [0.25, 0.3) is 0 Å². The van der Waals surface area contributed by atoms with Gasteiger partial charge in [0.1, 0.15) is 0 Å². The van der Waals surface area contributed by atoms with Gasteiger partial charge in [0.2, 0.25) is 0 Å². The molecule has 1 unspecified atom stereocenters. The predicted molar refractivity (Wildman–Crippen MR) is 69.7 cm³/mol. The lowest BCUT2D eigenvalue weighted by Gasteiger charge is -2.21. The van der Waals surface area contributed by atoms with Crippen LogP contribution in [0.4, 0.5) is 0 Å². The molecule has 1 aromatic heterocycles. The van der Waals surface area contributed by atoms with Crippen LogP contribution in [-0.4, -0.2) is 27.3 Å². The Balaban J connectivity index is 1.73.